The zero-order valence-electron chi connectivity index (χ0n) is 38.2. The Balaban J connectivity index is 0.991. The Kier molecular flexibility index (Phi) is 25.8. The van der Waals surface area contributed by atoms with E-state index in [0.29, 0.717) is 35.7 Å². The molecule has 0 bridgehead atoms. The molecule has 0 aliphatic rings. The molecule has 4 aromatic rings. The van der Waals surface area contributed by atoms with Gasteiger partial charge in [-0.05, 0) is 123 Å². The molecular formula is C53H72N4O6. The first-order valence-electron chi connectivity index (χ1n) is 23.9. The molecule has 0 heterocycles. The van der Waals surface area contributed by atoms with Crippen LogP contribution in [0.2, 0.25) is 0 Å². The molecule has 10 heteroatoms. The predicted molar refractivity (Wildman–Crippen MR) is 254 cm³/mol. The molecule has 0 unspecified atom stereocenters. The van der Waals surface area contributed by atoms with Gasteiger partial charge in [-0.3, -0.25) is 9.59 Å². The van der Waals surface area contributed by atoms with Crippen LogP contribution in [0.1, 0.15) is 162 Å². The fourth-order valence-corrected chi connectivity index (χ4v) is 6.90. The summed E-state index contributed by atoms with van der Waals surface area (Å²) in [6.45, 7) is 5.96. The Morgan fingerprint density at radius 2 is 0.587 bits per heavy atom. The van der Waals surface area contributed by atoms with Crippen LogP contribution in [0.15, 0.2) is 118 Å². The van der Waals surface area contributed by atoms with E-state index in [9.17, 15) is 9.59 Å². The number of azo groups is 2. The number of ether oxygens (including phenoxy) is 4. The summed E-state index contributed by atoms with van der Waals surface area (Å²) in [7, 11) is 0. The van der Waals surface area contributed by atoms with Gasteiger partial charge < -0.3 is 18.9 Å². The third kappa shape index (κ3) is 23.6. The van der Waals surface area contributed by atoms with E-state index in [1.807, 2.05) is 48.5 Å². The molecule has 0 fully saturated rings. The molecule has 0 saturated heterocycles. The van der Waals surface area contributed by atoms with Gasteiger partial charge in [-0.1, -0.05) is 123 Å². The van der Waals surface area contributed by atoms with Crippen molar-refractivity contribution in [1.29, 1.82) is 0 Å². The fraction of sp³-hybridized carbons (Fsp3) is 0.509. The first-order valence-corrected chi connectivity index (χ1v) is 23.9. The number of esters is 2. The van der Waals surface area contributed by atoms with Gasteiger partial charge in [0.1, 0.15) is 23.0 Å². The van der Waals surface area contributed by atoms with Crippen molar-refractivity contribution in [3.63, 3.8) is 0 Å². The number of hydrogen-bond acceptors (Lipinski definition) is 10. The minimum Gasteiger partial charge on any atom is -0.494 e. The molecule has 0 N–H and O–H groups in total. The van der Waals surface area contributed by atoms with E-state index < -0.39 is 0 Å². The molecule has 0 amide bonds. The van der Waals surface area contributed by atoms with Gasteiger partial charge in [-0.25, -0.2) is 0 Å². The van der Waals surface area contributed by atoms with E-state index in [1.165, 1.54) is 89.9 Å². The summed E-state index contributed by atoms with van der Waals surface area (Å²) in [6, 6.07) is 29.2. The number of nitrogens with zero attached hydrogens (tertiary/aromatic N) is 4. The second-order valence-corrected chi connectivity index (χ2v) is 16.2. The molecule has 0 saturated carbocycles. The van der Waals surface area contributed by atoms with Crippen molar-refractivity contribution >= 4 is 34.7 Å². The number of benzene rings is 4. The van der Waals surface area contributed by atoms with E-state index in [2.05, 4.69) is 34.3 Å². The minimum atomic E-state index is -0.270. The standard InChI is InChI=1S/C53H72N4O6/c1-3-5-7-9-11-13-18-22-42-60-48-34-26-44(27-35-48)54-56-46-30-38-50(39-31-46)62-52(58)24-20-16-15-17-21-25-53(59)63-51-40-32-47(33-41-51)57-55-45-28-36-49(37-29-45)61-43-23-19-14-12-10-8-6-4-2/h26-41H,3-25,42-43H2,1-2H3/b56-54+,57-55+. The lowest BCUT2D eigenvalue weighted by molar-refractivity contribution is -0.135. The summed E-state index contributed by atoms with van der Waals surface area (Å²) in [4.78, 5) is 24.8. The van der Waals surface area contributed by atoms with Crippen molar-refractivity contribution in [1.82, 2.24) is 0 Å². The van der Waals surface area contributed by atoms with Crippen LogP contribution in [0, 0.1) is 0 Å². The van der Waals surface area contributed by atoms with Crippen molar-refractivity contribution in [2.24, 2.45) is 20.5 Å². The normalized spacial score (nSPS) is 11.3. The zero-order valence-corrected chi connectivity index (χ0v) is 38.2. The highest BCUT2D eigenvalue weighted by atomic mass is 16.5. The van der Waals surface area contributed by atoms with Crippen molar-refractivity contribution in [3.8, 4) is 23.0 Å². The summed E-state index contributed by atoms with van der Waals surface area (Å²) in [5.74, 6) is 2.10. The maximum absolute atomic E-state index is 12.4. The molecule has 0 radical (unpaired) electrons. The van der Waals surface area contributed by atoms with Gasteiger partial charge in [0.15, 0.2) is 0 Å². The summed E-state index contributed by atoms with van der Waals surface area (Å²) in [5.41, 5.74) is 2.80. The Morgan fingerprint density at radius 3 is 0.889 bits per heavy atom. The molecule has 340 valence electrons. The van der Waals surface area contributed by atoms with Crippen LogP contribution in [-0.2, 0) is 9.59 Å². The average Bonchev–Trinajstić information content (AvgIpc) is 3.30. The lowest BCUT2D eigenvalue weighted by atomic mass is 10.1. The largest absolute Gasteiger partial charge is 0.494 e. The van der Waals surface area contributed by atoms with Crippen LogP contribution in [0.3, 0.4) is 0 Å². The van der Waals surface area contributed by atoms with Crippen LogP contribution in [0.4, 0.5) is 22.7 Å². The fourth-order valence-electron chi connectivity index (χ4n) is 6.90. The summed E-state index contributed by atoms with van der Waals surface area (Å²) >= 11 is 0. The average molecular weight is 861 g/mol. The second-order valence-electron chi connectivity index (χ2n) is 16.2. The molecule has 4 rings (SSSR count). The number of unbranched alkanes of at least 4 members (excludes halogenated alkanes) is 18. The third-order valence-electron chi connectivity index (χ3n) is 10.7. The summed E-state index contributed by atoms with van der Waals surface area (Å²) < 4.78 is 22.8. The number of rotatable bonds is 34. The molecule has 0 aliphatic heterocycles. The quantitative estimate of drug-likeness (QED) is 0.0200. The van der Waals surface area contributed by atoms with E-state index in [1.54, 1.807) is 48.5 Å². The smallest absolute Gasteiger partial charge is 0.311 e. The van der Waals surface area contributed by atoms with Gasteiger partial charge in [0.25, 0.3) is 0 Å². The highest BCUT2D eigenvalue weighted by Crippen LogP contribution is 2.26. The SMILES string of the molecule is CCCCCCCCCCOc1ccc(/N=N/c2ccc(OC(=O)CCCCCCCC(=O)Oc3ccc(/N=N/c4ccc(OCCCCCCCCCC)cc4)cc3)cc2)cc1. The van der Waals surface area contributed by atoms with Gasteiger partial charge in [-0.15, -0.1) is 0 Å². The van der Waals surface area contributed by atoms with Gasteiger partial charge in [0, 0.05) is 12.8 Å². The maximum atomic E-state index is 12.4. The van der Waals surface area contributed by atoms with Gasteiger partial charge in [0.05, 0.1) is 36.0 Å². The maximum Gasteiger partial charge on any atom is 0.311 e. The molecular weight excluding hydrogens is 789 g/mol. The molecule has 0 atom stereocenters. The first-order chi connectivity index (χ1) is 31.0. The molecule has 4 aromatic carbocycles. The first kappa shape index (κ1) is 50.3. The lowest BCUT2D eigenvalue weighted by Gasteiger charge is -2.06. The molecule has 0 spiro atoms. The van der Waals surface area contributed by atoms with Crippen molar-refractivity contribution in [2.45, 2.75) is 162 Å². The van der Waals surface area contributed by atoms with Crippen LogP contribution in [0.5, 0.6) is 23.0 Å². The molecule has 0 aliphatic carbocycles. The second kappa shape index (κ2) is 32.3. The molecule has 63 heavy (non-hydrogen) atoms. The van der Waals surface area contributed by atoms with Gasteiger partial charge in [0.2, 0.25) is 0 Å². The highest BCUT2D eigenvalue weighted by Gasteiger charge is 2.08. The monoisotopic (exact) mass is 861 g/mol. The predicted octanol–water partition coefficient (Wildman–Crippen LogP) is 16.8. The van der Waals surface area contributed by atoms with Gasteiger partial charge in [-0.2, -0.15) is 20.5 Å². The number of carbonyl (C=O) groups excluding carboxylic acids is 2. The molecule has 0 aromatic heterocycles. The van der Waals surface area contributed by atoms with Crippen molar-refractivity contribution in [2.75, 3.05) is 13.2 Å². The topological polar surface area (TPSA) is 121 Å². The summed E-state index contributed by atoms with van der Waals surface area (Å²) in [6.07, 6.45) is 25.2. The van der Waals surface area contributed by atoms with Crippen LogP contribution in [0.25, 0.3) is 0 Å². The Hall–Kier alpha value is -5.38. The number of hydrogen-bond donors (Lipinski definition) is 0. The minimum absolute atomic E-state index is 0.270. The van der Waals surface area contributed by atoms with E-state index in [-0.39, 0.29) is 11.9 Å². The van der Waals surface area contributed by atoms with E-state index in [4.69, 9.17) is 18.9 Å². The zero-order chi connectivity index (χ0) is 44.4. The highest BCUT2D eigenvalue weighted by molar-refractivity contribution is 5.73. The lowest BCUT2D eigenvalue weighted by Crippen LogP contribution is -2.08. The number of carbonyl (C=O) groups is 2. The van der Waals surface area contributed by atoms with Crippen molar-refractivity contribution in [3.05, 3.63) is 97.1 Å². The third-order valence-corrected chi connectivity index (χ3v) is 10.7. The Labute approximate surface area is 377 Å². The van der Waals surface area contributed by atoms with Gasteiger partial charge >= 0.3 is 11.9 Å². The molecule has 10 nitrogen and oxygen atoms in total. The van der Waals surface area contributed by atoms with Crippen LogP contribution >= 0.6 is 0 Å². The van der Waals surface area contributed by atoms with Crippen LogP contribution in [-0.4, -0.2) is 25.2 Å². The van der Waals surface area contributed by atoms with E-state index in [0.717, 1.165) is 81.0 Å². The van der Waals surface area contributed by atoms with Crippen LogP contribution < -0.4 is 18.9 Å². The van der Waals surface area contributed by atoms with E-state index >= 15 is 0 Å². The summed E-state index contributed by atoms with van der Waals surface area (Å²) in [5, 5.41) is 17.2. The van der Waals surface area contributed by atoms with Crippen molar-refractivity contribution < 1.29 is 28.5 Å². The Bertz CT molecular complexity index is 1720. The Morgan fingerprint density at radius 1 is 0.333 bits per heavy atom.